The highest BCUT2D eigenvalue weighted by atomic mass is 32.2. The van der Waals surface area contributed by atoms with E-state index in [0.717, 1.165) is 18.1 Å². The lowest BCUT2D eigenvalue weighted by molar-refractivity contribution is -0.123. The number of aryl methyl sites for hydroxylation is 1. The SMILES string of the molecule is CNC(=O)[C@@](C)(CCn1cnc2cc(-c3ccc(N(C)C)nc3)c(F)cc2c1=O)S(C)(=O)=O. The third-order valence-electron chi connectivity index (χ3n) is 5.79. The van der Waals surface area contributed by atoms with E-state index in [2.05, 4.69) is 15.3 Å². The molecule has 0 unspecified atom stereocenters. The number of benzene rings is 1. The molecule has 1 atom stereocenters. The molecule has 2 aromatic heterocycles. The fraction of sp³-hybridized carbons (Fsp3) is 0.364. The molecule has 0 saturated carbocycles. The molecule has 176 valence electrons. The van der Waals surface area contributed by atoms with Gasteiger partial charge in [0.05, 0.1) is 17.2 Å². The number of hydrogen-bond acceptors (Lipinski definition) is 7. The minimum absolute atomic E-state index is 0.0534. The van der Waals surface area contributed by atoms with Gasteiger partial charge in [0.2, 0.25) is 5.91 Å². The summed E-state index contributed by atoms with van der Waals surface area (Å²) in [7, 11) is 1.27. The molecule has 0 saturated heterocycles. The monoisotopic (exact) mass is 475 g/mol. The first-order valence-electron chi connectivity index (χ1n) is 10.1. The Bertz CT molecular complexity index is 1370. The van der Waals surface area contributed by atoms with E-state index in [1.807, 2.05) is 19.0 Å². The Balaban J connectivity index is 1.98. The van der Waals surface area contributed by atoms with Crippen molar-refractivity contribution in [2.45, 2.75) is 24.6 Å². The second kappa shape index (κ2) is 8.89. The lowest BCUT2D eigenvalue weighted by Crippen LogP contribution is -2.49. The highest BCUT2D eigenvalue weighted by Crippen LogP contribution is 2.27. The lowest BCUT2D eigenvalue weighted by Gasteiger charge is -2.25. The molecule has 0 aliphatic rings. The van der Waals surface area contributed by atoms with Gasteiger partial charge in [0.15, 0.2) is 9.84 Å². The van der Waals surface area contributed by atoms with Crippen LogP contribution in [0.3, 0.4) is 0 Å². The van der Waals surface area contributed by atoms with Gasteiger partial charge in [-0.3, -0.25) is 14.2 Å². The molecule has 0 aliphatic heterocycles. The molecular formula is C22H26FN5O4S. The highest BCUT2D eigenvalue weighted by molar-refractivity contribution is 7.92. The molecule has 0 bridgehead atoms. The first kappa shape index (κ1) is 24.3. The Hall–Kier alpha value is -3.34. The number of carbonyl (C=O) groups is 1. The number of anilines is 1. The highest BCUT2D eigenvalue weighted by Gasteiger charge is 2.42. The Kier molecular flexibility index (Phi) is 6.55. The predicted octanol–water partition coefficient (Wildman–Crippen LogP) is 1.60. The van der Waals surface area contributed by atoms with E-state index in [1.165, 1.54) is 30.9 Å². The van der Waals surface area contributed by atoms with Gasteiger partial charge < -0.3 is 10.2 Å². The molecule has 33 heavy (non-hydrogen) atoms. The number of nitrogens with zero attached hydrogens (tertiary/aromatic N) is 4. The normalized spacial score (nSPS) is 13.5. The van der Waals surface area contributed by atoms with Crippen LogP contribution in [0.1, 0.15) is 13.3 Å². The predicted molar refractivity (Wildman–Crippen MR) is 125 cm³/mol. The molecular weight excluding hydrogens is 449 g/mol. The minimum atomic E-state index is -3.77. The summed E-state index contributed by atoms with van der Waals surface area (Å²) < 4.78 is 38.8. The largest absolute Gasteiger partial charge is 0.363 e. The summed E-state index contributed by atoms with van der Waals surface area (Å²) >= 11 is 0. The number of rotatable bonds is 7. The number of hydrogen-bond donors (Lipinski definition) is 1. The summed E-state index contributed by atoms with van der Waals surface area (Å²) in [5, 5.41) is 2.41. The number of aromatic nitrogens is 3. The van der Waals surface area contributed by atoms with Crippen molar-refractivity contribution in [3.63, 3.8) is 0 Å². The molecule has 0 spiro atoms. The summed E-state index contributed by atoms with van der Waals surface area (Å²) in [5.74, 6) is -0.555. The van der Waals surface area contributed by atoms with Crippen LogP contribution in [-0.4, -0.2) is 61.0 Å². The average Bonchev–Trinajstić information content (AvgIpc) is 2.77. The molecule has 2 heterocycles. The first-order chi connectivity index (χ1) is 15.4. The molecule has 11 heteroatoms. The number of fused-ring (bicyclic) bond motifs is 1. The molecule has 3 aromatic rings. The van der Waals surface area contributed by atoms with Crippen molar-refractivity contribution in [3.05, 3.63) is 53.0 Å². The van der Waals surface area contributed by atoms with Gasteiger partial charge in [0.1, 0.15) is 16.4 Å². The zero-order valence-corrected chi connectivity index (χ0v) is 19.9. The Morgan fingerprint density at radius 2 is 1.94 bits per heavy atom. The summed E-state index contributed by atoms with van der Waals surface area (Å²) in [6.07, 6.45) is 3.64. The van der Waals surface area contributed by atoms with Crippen molar-refractivity contribution in [3.8, 4) is 11.1 Å². The molecule has 1 amide bonds. The average molecular weight is 476 g/mol. The van der Waals surface area contributed by atoms with Gasteiger partial charge in [0.25, 0.3) is 5.56 Å². The van der Waals surface area contributed by atoms with Gasteiger partial charge in [-0.15, -0.1) is 0 Å². The van der Waals surface area contributed by atoms with Crippen molar-refractivity contribution >= 4 is 32.5 Å². The molecule has 9 nitrogen and oxygen atoms in total. The van der Waals surface area contributed by atoms with Crippen molar-refractivity contribution in [1.29, 1.82) is 0 Å². The van der Waals surface area contributed by atoms with Gasteiger partial charge in [-0.2, -0.15) is 0 Å². The number of carbonyl (C=O) groups excluding carboxylic acids is 1. The molecule has 3 rings (SSSR count). The minimum Gasteiger partial charge on any atom is -0.363 e. The van der Waals surface area contributed by atoms with Crippen LogP contribution < -0.4 is 15.8 Å². The van der Waals surface area contributed by atoms with E-state index in [1.54, 1.807) is 18.3 Å². The Morgan fingerprint density at radius 3 is 2.48 bits per heavy atom. The van der Waals surface area contributed by atoms with Crippen LogP contribution in [0.25, 0.3) is 22.0 Å². The van der Waals surface area contributed by atoms with Crippen LogP contribution in [0.4, 0.5) is 10.2 Å². The van der Waals surface area contributed by atoms with E-state index in [-0.39, 0.29) is 23.9 Å². The summed E-state index contributed by atoms with van der Waals surface area (Å²) in [5.41, 5.74) is 0.565. The topological polar surface area (TPSA) is 114 Å². The van der Waals surface area contributed by atoms with E-state index >= 15 is 0 Å². The standard InChI is InChI=1S/C22H26FN5O4S/c1-22(21(30)24-2,33(5,31)32)8-9-28-13-26-18-11-15(17(23)10-16(18)20(28)29)14-6-7-19(25-12-14)27(3)4/h6-7,10-13H,8-9H2,1-5H3,(H,24,30)/t22-/m1/s1. The number of halogens is 1. The van der Waals surface area contributed by atoms with Gasteiger partial charge >= 0.3 is 0 Å². The molecule has 1 aromatic carbocycles. The zero-order valence-electron chi connectivity index (χ0n) is 19.1. The maximum absolute atomic E-state index is 14.9. The van der Waals surface area contributed by atoms with Crippen molar-refractivity contribution in [2.75, 3.05) is 32.3 Å². The first-order valence-corrected chi connectivity index (χ1v) is 12.0. The molecule has 0 aliphatic carbocycles. The van der Waals surface area contributed by atoms with Crippen LogP contribution >= 0.6 is 0 Å². The van der Waals surface area contributed by atoms with E-state index in [4.69, 9.17) is 0 Å². The summed E-state index contributed by atoms with van der Waals surface area (Å²) in [6.45, 7) is 1.22. The molecule has 0 radical (unpaired) electrons. The van der Waals surface area contributed by atoms with Crippen molar-refractivity contribution < 1.29 is 17.6 Å². The second-order valence-corrected chi connectivity index (χ2v) is 10.7. The number of pyridine rings is 1. The zero-order chi connectivity index (χ0) is 24.6. The van der Waals surface area contributed by atoms with Crippen LogP contribution in [-0.2, 0) is 21.2 Å². The van der Waals surface area contributed by atoms with E-state index in [0.29, 0.717) is 11.1 Å². The Morgan fingerprint density at radius 1 is 1.24 bits per heavy atom. The van der Waals surface area contributed by atoms with Crippen molar-refractivity contribution in [1.82, 2.24) is 19.9 Å². The number of amides is 1. The van der Waals surface area contributed by atoms with Crippen LogP contribution in [0.2, 0.25) is 0 Å². The quantitative estimate of drug-likeness (QED) is 0.552. The third kappa shape index (κ3) is 4.58. The smallest absolute Gasteiger partial charge is 0.261 e. The molecule has 0 fully saturated rings. The van der Waals surface area contributed by atoms with Gasteiger partial charge in [-0.1, -0.05) is 0 Å². The van der Waals surface area contributed by atoms with Crippen LogP contribution in [0.5, 0.6) is 0 Å². The van der Waals surface area contributed by atoms with Gasteiger partial charge in [-0.25, -0.2) is 22.8 Å². The lowest BCUT2D eigenvalue weighted by atomic mass is 10.0. The van der Waals surface area contributed by atoms with Crippen LogP contribution in [0.15, 0.2) is 41.6 Å². The Labute approximate surface area is 191 Å². The van der Waals surface area contributed by atoms with Gasteiger partial charge in [-0.05, 0) is 37.6 Å². The van der Waals surface area contributed by atoms with Crippen LogP contribution in [0, 0.1) is 5.82 Å². The number of sulfone groups is 1. The fourth-order valence-electron chi connectivity index (χ4n) is 3.43. The summed E-state index contributed by atoms with van der Waals surface area (Å²) in [4.78, 5) is 35.5. The number of nitrogens with one attached hydrogen (secondary N) is 1. The maximum atomic E-state index is 14.9. The van der Waals surface area contributed by atoms with Gasteiger partial charge in [0, 0.05) is 51.3 Å². The maximum Gasteiger partial charge on any atom is 0.261 e. The van der Waals surface area contributed by atoms with E-state index in [9.17, 15) is 22.4 Å². The van der Waals surface area contributed by atoms with Crippen molar-refractivity contribution in [2.24, 2.45) is 0 Å². The summed E-state index contributed by atoms with van der Waals surface area (Å²) in [6, 6.07) is 6.09. The fourth-order valence-corrected chi connectivity index (χ4v) is 4.34. The van der Waals surface area contributed by atoms with E-state index < -0.39 is 31.9 Å². The third-order valence-corrected chi connectivity index (χ3v) is 7.81. The molecule has 1 N–H and O–H groups in total. The second-order valence-electron chi connectivity index (χ2n) is 8.22.